The van der Waals surface area contributed by atoms with Crippen LogP contribution in [0, 0.1) is 31.6 Å². The Kier molecular flexibility index (Phi) is 6.95. The highest BCUT2D eigenvalue weighted by Crippen LogP contribution is 2.69. The molecule has 2 aromatic heterocycles. The molecule has 0 saturated carbocycles. The van der Waals surface area contributed by atoms with Gasteiger partial charge in [-0.25, -0.2) is 0 Å². The predicted octanol–water partition coefficient (Wildman–Crippen LogP) is 0.435. The van der Waals surface area contributed by atoms with Crippen LogP contribution in [0.1, 0.15) is 56.0 Å². The number of carbonyl (C=O) groups excluding carboxylic acids is 2. The van der Waals surface area contributed by atoms with Crippen LogP contribution in [0.3, 0.4) is 0 Å². The van der Waals surface area contributed by atoms with Gasteiger partial charge in [-0.05, 0) is 92.5 Å². The fourth-order valence-corrected chi connectivity index (χ4v) is 9.00. The van der Waals surface area contributed by atoms with E-state index < -0.39 is 29.3 Å². The van der Waals surface area contributed by atoms with Gasteiger partial charge < -0.3 is 49.8 Å². The van der Waals surface area contributed by atoms with Crippen molar-refractivity contribution in [3.8, 4) is 0 Å². The molecular weight excluding hydrogens is 628 g/mol. The third-order valence-corrected chi connectivity index (χ3v) is 11.7. The van der Waals surface area contributed by atoms with Gasteiger partial charge in [0.15, 0.2) is 18.8 Å². The van der Waals surface area contributed by atoms with Gasteiger partial charge in [-0.15, -0.1) is 0 Å². The number of fused-ring (bicyclic) bond motifs is 8. The van der Waals surface area contributed by atoms with Crippen LogP contribution < -0.4 is 31.9 Å². The Bertz CT molecular complexity index is 2180. The van der Waals surface area contributed by atoms with Crippen LogP contribution in [0.2, 0.25) is 0 Å². The highest BCUT2D eigenvalue weighted by atomic mass is 16.8. The smallest absolute Gasteiger partial charge is 0.518 e. The first-order valence-electron chi connectivity index (χ1n) is 16.9. The van der Waals surface area contributed by atoms with Crippen molar-refractivity contribution in [2.45, 2.75) is 70.9 Å². The van der Waals surface area contributed by atoms with Gasteiger partial charge in [-0.1, -0.05) is 6.92 Å². The maximum absolute atomic E-state index is 13.6. The maximum Gasteiger partial charge on any atom is 0.518 e. The van der Waals surface area contributed by atoms with Crippen LogP contribution in [-0.2, 0) is 23.4 Å². The molecule has 8 bridgehead atoms. The van der Waals surface area contributed by atoms with Crippen LogP contribution in [0.15, 0.2) is 28.8 Å². The number of nitrogens with one attached hydrogen (secondary N) is 4. The fourth-order valence-electron chi connectivity index (χ4n) is 9.00. The lowest BCUT2D eigenvalue weighted by Gasteiger charge is -2.29. The monoisotopic (exact) mass is 671 g/mol. The molecule has 12 heteroatoms. The zero-order valence-electron chi connectivity index (χ0n) is 28.5. The molecule has 7 atom stereocenters. The van der Waals surface area contributed by atoms with E-state index in [4.69, 9.17) is 9.47 Å². The lowest BCUT2D eigenvalue weighted by Crippen LogP contribution is -2.42. The van der Waals surface area contributed by atoms with Crippen LogP contribution in [0.25, 0.3) is 30.1 Å². The Morgan fingerprint density at radius 3 is 2.55 bits per heavy atom. The zero-order valence-corrected chi connectivity index (χ0v) is 28.5. The van der Waals surface area contributed by atoms with E-state index >= 15 is 0 Å². The predicted molar refractivity (Wildman–Crippen MR) is 181 cm³/mol. The third-order valence-electron chi connectivity index (χ3n) is 11.7. The number of H-pyrrole nitrogens is 2. The van der Waals surface area contributed by atoms with Gasteiger partial charge in [0, 0.05) is 49.7 Å². The van der Waals surface area contributed by atoms with Gasteiger partial charge >= 0.3 is 11.9 Å². The van der Waals surface area contributed by atoms with Gasteiger partial charge in [0.2, 0.25) is 5.79 Å². The minimum absolute atomic E-state index is 0.0226. The average Bonchev–Trinajstić information content (AvgIpc) is 3.87. The molecule has 12 nitrogen and oxygen atoms in total. The summed E-state index contributed by atoms with van der Waals surface area (Å²) in [6.07, 6.45) is 9.58. The molecule has 2 unspecified atom stereocenters. The highest BCUT2D eigenvalue weighted by Gasteiger charge is 2.85. The number of rotatable bonds is 5. The molecule has 1 aliphatic carbocycles. The number of aliphatic hydroxyl groups excluding tert-OH is 2. The summed E-state index contributed by atoms with van der Waals surface area (Å²) in [5, 5.41) is 43.2. The largest absolute Gasteiger partial charge is 0.536 e. The number of methoxy groups -OCH3 is 1. The van der Waals surface area contributed by atoms with Crippen molar-refractivity contribution in [2.75, 3.05) is 20.3 Å². The molecule has 258 valence electrons. The zero-order chi connectivity index (χ0) is 34.7. The molecule has 7 N–H and O–H groups in total. The Labute approximate surface area is 282 Å². The van der Waals surface area contributed by atoms with Crippen molar-refractivity contribution in [3.05, 3.63) is 72.5 Å². The molecule has 1 spiro atoms. The van der Waals surface area contributed by atoms with Gasteiger partial charge in [0.05, 0.1) is 30.2 Å². The lowest BCUT2D eigenvalue weighted by atomic mass is 9.79. The number of aromatic nitrogens is 2. The molecular formula is C37H43N4O8+. The number of allylic oxidation sites excluding steroid dienone is 1. The van der Waals surface area contributed by atoms with Crippen molar-refractivity contribution in [1.82, 2.24) is 20.6 Å². The van der Waals surface area contributed by atoms with Crippen LogP contribution in [0.5, 0.6) is 0 Å². The van der Waals surface area contributed by atoms with E-state index in [-0.39, 0.29) is 29.6 Å². The van der Waals surface area contributed by atoms with Gasteiger partial charge in [-0.2, -0.15) is 0 Å². The van der Waals surface area contributed by atoms with E-state index in [9.17, 15) is 24.9 Å². The minimum atomic E-state index is -1.85. The van der Waals surface area contributed by atoms with Gasteiger partial charge in [0.1, 0.15) is 12.3 Å². The topological polar surface area (TPSA) is 175 Å². The van der Waals surface area contributed by atoms with Crippen molar-refractivity contribution >= 4 is 42.0 Å². The SMILES string of the molecule is COC(=O)[C@@H]1C2=C3NC(=C(C)[C@]34O[C@]14O)/C=c1\[nH]c(c(C)\c1=C(/C)O)/C=c1\[nH]/c(c(C)c1/C=C/O)=C/C1NC2[C@@H](CCC(=O)[O+]2CC2)[C@@H]1C. The van der Waals surface area contributed by atoms with Crippen molar-refractivity contribution in [2.24, 2.45) is 17.8 Å². The first kappa shape index (κ1) is 31.7. The molecule has 3 saturated heterocycles. The van der Waals surface area contributed by atoms with Crippen LogP contribution in [0.4, 0.5) is 0 Å². The molecule has 0 radical (unpaired) electrons. The summed E-state index contributed by atoms with van der Waals surface area (Å²) in [5.74, 6) is -3.44. The molecule has 7 heterocycles. The Morgan fingerprint density at radius 2 is 1.88 bits per heavy atom. The Hall–Kier alpha value is -4.52. The lowest BCUT2D eigenvalue weighted by molar-refractivity contribution is -0.153. The molecule has 8 rings (SSSR count). The van der Waals surface area contributed by atoms with Crippen molar-refractivity contribution in [3.63, 3.8) is 0 Å². The van der Waals surface area contributed by atoms with Crippen LogP contribution >= 0.6 is 0 Å². The number of hydrogen-bond acceptors (Lipinski definition) is 9. The van der Waals surface area contributed by atoms with Crippen molar-refractivity contribution in [1.29, 1.82) is 0 Å². The molecule has 5 aliphatic heterocycles. The van der Waals surface area contributed by atoms with Gasteiger partial charge in [-0.3, -0.25) is 4.79 Å². The third kappa shape index (κ3) is 4.33. The van der Waals surface area contributed by atoms with E-state index in [1.165, 1.54) is 7.11 Å². The molecule has 3 fully saturated rings. The van der Waals surface area contributed by atoms with Crippen molar-refractivity contribution < 1.29 is 38.7 Å². The Morgan fingerprint density at radius 1 is 1.12 bits per heavy atom. The summed E-state index contributed by atoms with van der Waals surface area (Å²) in [4.78, 5) is 33.6. The number of epoxide rings is 2. The second kappa shape index (κ2) is 10.7. The standard InChI is InChI=1S/C37H42N4O8/c1-16-21(9-10-42)27-14-25-18(3)30(20(5)43)28(39-25)15-26-19(4)36-34(41-26)31(32(35(45)47-6)37(36,46)48-36)33-22(7-8-29(44)49-11-12-49)17(2)24(40-33)13-23(16)38-27/h9-10,13-15,17,22,24,32-33,38-41,46H,7-8,11-12H2,1-6H3,(H-,42,43)/p+1/b10-9+,23-13+,27-14-,28-15-,30-20-/t17-,22-,24?,32-,33?,36-,37+/m0/s1. The first-order chi connectivity index (χ1) is 23.4. The number of ether oxygens (including phenoxy) is 2. The summed E-state index contributed by atoms with van der Waals surface area (Å²) in [6.45, 7) is 11.0. The normalized spacial score (nSPS) is 34.9. The quantitative estimate of drug-likeness (QED) is 0.103. The minimum Gasteiger partial charge on any atom is -0.536 e. The summed E-state index contributed by atoms with van der Waals surface area (Å²) in [6, 6.07) is -0.593. The van der Waals surface area contributed by atoms with E-state index in [1.54, 1.807) is 13.0 Å². The summed E-state index contributed by atoms with van der Waals surface area (Å²) >= 11 is 0. The van der Waals surface area contributed by atoms with E-state index in [2.05, 4.69) is 38.0 Å². The molecule has 2 aromatic rings. The second-order valence-electron chi connectivity index (χ2n) is 14.2. The summed E-state index contributed by atoms with van der Waals surface area (Å²) in [7, 11) is 1.31. The molecule has 0 amide bonds. The maximum atomic E-state index is 13.6. The average molecular weight is 672 g/mol. The first-order valence-corrected chi connectivity index (χ1v) is 16.9. The number of carbonyl (C=O) groups is 2. The molecule has 49 heavy (non-hydrogen) atoms. The molecule has 6 aliphatic rings. The van der Waals surface area contributed by atoms with Crippen LogP contribution in [-0.4, -0.2) is 81.0 Å². The Balaban J connectivity index is 1.41. The van der Waals surface area contributed by atoms with Gasteiger partial charge in [0.25, 0.3) is 0 Å². The number of esters is 1. The second-order valence-corrected chi connectivity index (χ2v) is 14.2. The van der Waals surface area contributed by atoms with E-state index in [0.29, 0.717) is 59.2 Å². The van der Waals surface area contributed by atoms with E-state index in [1.807, 2.05) is 32.9 Å². The van der Waals surface area contributed by atoms with E-state index in [0.717, 1.165) is 39.3 Å². The molecule has 0 aromatic carbocycles. The number of hydrogen-bond donors (Lipinski definition) is 7. The summed E-state index contributed by atoms with van der Waals surface area (Å²) in [5.41, 5.74) is 4.74. The summed E-state index contributed by atoms with van der Waals surface area (Å²) < 4.78 is 14.2. The number of aliphatic hydroxyl groups is 3. The fraction of sp³-hybridized carbons (Fsp3) is 0.459. The number of aromatic amines is 2. The highest BCUT2D eigenvalue weighted by molar-refractivity contribution is 5.84.